The molecule has 5 heteroatoms. The minimum Gasteiger partial charge on any atom is -0.489 e. The minimum atomic E-state index is -1.55. The molecule has 144 valence electrons. The van der Waals surface area contributed by atoms with Crippen molar-refractivity contribution in [2.24, 2.45) is 0 Å². The molecule has 1 atom stereocenters. The lowest BCUT2D eigenvalue weighted by molar-refractivity contribution is -0.133. The molecule has 3 aromatic rings. The number of carbonyl (C=O) groups is 1. The summed E-state index contributed by atoms with van der Waals surface area (Å²) in [7, 11) is -1.55. The van der Waals surface area contributed by atoms with Crippen LogP contribution in [-0.4, -0.2) is 21.0 Å². The highest BCUT2D eigenvalue weighted by Crippen LogP contribution is 2.28. The highest BCUT2D eigenvalue weighted by Gasteiger charge is 2.09. The molecule has 0 aliphatic heterocycles. The van der Waals surface area contributed by atoms with Gasteiger partial charge in [0.05, 0.1) is 10.8 Å². The fourth-order valence-electron chi connectivity index (χ4n) is 3.14. The van der Waals surface area contributed by atoms with Crippen LogP contribution < -0.4 is 4.74 Å². The van der Waals surface area contributed by atoms with Crippen molar-refractivity contribution < 1.29 is 18.8 Å². The van der Waals surface area contributed by atoms with E-state index in [0.29, 0.717) is 17.3 Å². The average Bonchev–Trinajstić information content (AvgIpc) is 2.66. The van der Waals surface area contributed by atoms with Gasteiger partial charge in [-0.25, -0.2) is 0 Å². The SMILES string of the molecule is Cc1cccc(C)c1-c1cccc(COc2ccc(S(=O)CC(=O)O)cc2)c1. The van der Waals surface area contributed by atoms with Gasteiger partial charge in [-0.3, -0.25) is 9.00 Å². The van der Waals surface area contributed by atoms with E-state index in [-0.39, 0.29) is 0 Å². The molecule has 0 bridgehead atoms. The highest BCUT2D eigenvalue weighted by molar-refractivity contribution is 7.85. The lowest BCUT2D eigenvalue weighted by Gasteiger charge is -2.12. The number of ether oxygens (including phenoxy) is 1. The Bertz CT molecular complexity index is 989. The third kappa shape index (κ3) is 4.87. The van der Waals surface area contributed by atoms with Crippen molar-refractivity contribution in [3.63, 3.8) is 0 Å². The molecule has 0 saturated carbocycles. The Kier molecular flexibility index (Phi) is 6.26. The molecular weight excluding hydrogens is 372 g/mol. The first-order chi connectivity index (χ1) is 13.4. The molecule has 1 N–H and O–H groups in total. The van der Waals surface area contributed by atoms with Crippen molar-refractivity contribution in [1.29, 1.82) is 0 Å². The maximum atomic E-state index is 11.9. The topological polar surface area (TPSA) is 63.6 Å². The van der Waals surface area contributed by atoms with E-state index in [4.69, 9.17) is 9.84 Å². The molecular formula is C23H22O4S. The second-order valence-electron chi connectivity index (χ2n) is 6.61. The maximum absolute atomic E-state index is 11.9. The zero-order valence-corrected chi connectivity index (χ0v) is 16.7. The predicted molar refractivity (Wildman–Crippen MR) is 111 cm³/mol. The van der Waals surface area contributed by atoms with Gasteiger partial charge in [0.15, 0.2) is 0 Å². The quantitative estimate of drug-likeness (QED) is 0.629. The summed E-state index contributed by atoms with van der Waals surface area (Å²) in [6.45, 7) is 4.64. The van der Waals surface area contributed by atoms with Crippen molar-refractivity contribution in [1.82, 2.24) is 0 Å². The number of carboxylic acid groups (broad SMARTS) is 1. The summed E-state index contributed by atoms with van der Waals surface area (Å²) in [5.74, 6) is -0.832. The van der Waals surface area contributed by atoms with Crippen LogP contribution in [0.15, 0.2) is 71.6 Å². The van der Waals surface area contributed by atoms with Crippen molar-refractivity contribution >= 4 is 16.8 Å². The molecule has 1 unspecified atom stereocenters. The van der Waals surface area contributed by atoms with Gasteiger partial charge in [-0.2, -0.15) is 0 Å². The Hall–Kier alpha value is -2.92. The van der Waals surface area contributed by atoms with E-state index in [0.717, 1.165) is 11.1 Å². The second kappa shape index (κ2) is 8.85. The molecule has 0 aliphatic carbocycles. The van der Waals surface area contributed by atoms with Crippen LogP contribution in [-0.2, 0) is 22.2 Å². The number of carboxylic acids is 1. The zero-order chi connectivity index (χ0) is 20.1. The van der Waals surface area contributed by atoms with Gasteiger partial charge in [-0.05, 0) is 72.0 Å². The van der Waals surface area contributed by atoms with Crippen LogP contribution in [0, 0.1) is 13.8 Å². The van der Waals surface area contributed by atoms with E-state index in [1.807, 2.05) is 12.1 Å². The fourth-order valence-corrected chi connectivity index (χ4v) is 3.97. The van der Waals surface area contributed by atoms with Gasteiger partial charge >= 0.3 is 5.97 Å². The Labute approximate surface area is 167 Å². The van der Waals surface area contributed by atoms with Gasteiger partial charge in [0.2, 0.25) is 0 Å². The standard InChI is InChI=1S/C23H22O4S/c1-16-5-3-6-17(2)23(16)19-8-4-7-18(13-19)14-27-20-9-11-21(12-10-20)28(26)15-22(24)25/h3-13H,14-15H2,1-2H3,(H,24,25). The Morgan fingerprint density at radius 3 is 2.25 bits per heavy atom. The molecule has 0 spiro atoms. The largest absolute Gasteiger partial charge is 0.489 e. The fraction of sp³-hybridized carbons (Fsp3) is 0.174. The Morgan fingerprint density at radius 1 is 0.964 bits per heavy atom. The highest BCUT2D eigenvalue weighted by atomic mass is 32.2. The van der Waals surface area contributed by atoms with Crippen LogP contribution in [0.5, 0.6) is 5.75 Å². The van der Waals surface area contributed by atoms with E-state index >= 15 is 0 Å². The predicted octanol–water partition coefficient (Wildman–Crippen LogP) is 4.74. The molecule has 3 rings (SSSR count). The lowest BCUT2D eigenvalue weighted by Crippen LogP contribution is -2.09. The number of rotatable bonds is 7. The first kappa shape index (κ1) is 19.8. The molecule has 28 heavy (non-hydrogen) atoms. The Balaban J connectivity index is 1.70. The van der Waals surface area contributed by atoms with E-state index in [1.165, 1.54) is 16.7 Å². The van der Waals surface area contributed by atoms with Gasteiger partial charge in [-0.15, -0.1) is 0 Å². The molecule has 0 fully saturated rings. The first-order valence-corrected chi connectivity index (χ1v) is 10.2. The first-order valence-electron chi connectivity index (χ1n) is 8.92. The maximum Gasteiger partial charge on any atom is 0.316 e. The second-order valence-corrected chi connectivity index (χ2v) is 8.06. The van der Waals surface area contributed by atoms with Gasteiger partial charge in [0.1, 0.15) is 18.1 Å². The zero-order valence-electron chi connectivity index (χ0n) is 15.8. The molecule has 0 amide bonds. The molecule has 0 aromatic heterocycles. The summed E-state index contributed by atoms with van der Waals surface area (Å²) in [6, 6.07) is 21.3. The Morgan fingerprint density at radius 2 is 1.61 bits per heavy atom. The van der Waals surface area contributed by atoms with Crippen LogP contribution in [0.1, 0.15) is 16.7 Å². The monoisotopic (exact) mass is 394 g/mol. The molecule has 4 nitrogen and oxygen atoms in total. The van der Waals surface area contributed by atoms with Crippen molar-refractivity contribution in [3.8, 4) is 16.9 Å². The third-order valence-electron chi connectivity index (χ3n) is 4.44. The molecule has 0 aliphatic rings. The van der Waals surface area contributed by atoms with Crippen LogP contribution >= 0.6 is 0 Å². The van der Waals surface area contributed by atoms with E-state index in [2.05, 4.69) is 44.2 Å². The van der Waals surface area contributed by atoms with Gasteiger partial charge < -0.3 is 9.84 Å². The summed E-state index contributed by atoms with van der Waals surface area (Å²) in [4.78, 5) is 11.1. The van der Waals surface area contributed by atoms with Crippen molar-refractivity contribution in [2.75, 3.05) is 5.75 Å². The van der Waals surface area contributed by atoms with E-state index in [1.54, 1.807) is 24.3 Å². The van der Waals surface area contributed by atoms with Gasteiger partial charge in [0.25, 0.3) is 0 Å². The third-order valence-corrected chi connectivity index (χ3v) is 5.75. The molecule has 0 saturated heterocycles. The van der Waals surface area contributed by atoms with Crippen LogP contribution in [0.25, 0.3) is 11.1 Å². The van der Waals surface area contributed by atoms with Gasteiger partial charge in [-0.1, -0.05) is 36.4 Å². The van der Waals surface area contributed by atoms with E-state index in [9.17, 15) is 9.00 Å². The number of aliphatic carboxylic acids is 1. The van der Waals surface area contributed by atoms with Gasteiger partial charge in [0, 0.05) is 4.90 Å². The van der Waals surface area contributed by atoms with Crippen molar-refractivity contribution in [2.45, 2.75) is 25.3 Å². The number of benzene rings is 3. The van der Waals surface area contributed by atoms with E-state index < -0.39 is 22.5 Å². The van der Waals surface area contributed by atoms with Crippen molar-refractivity contribution in [3.05, 3.63) is 83.4 Å². The smallest absolute Gasteiger partial charge is 0.316 e. The van der Waals surface area contributed by atoms with Crippen LogP contribution in [0.3, 0.4) is 0 Å². The average molecular weight is 394 g/mol. The summed E-state index contributed by atoms with van der Waals surface area (Å²) < 4.78 is 17.7. The summed E-state index contributed by atoms with van der Waals surface area (Å²) >= 11 is 0. The summed E-state index contributed by atoms with van der Waals surface area (Å²) in [6.07, 6.45) is 0. The summed E-state index contributed by atoms with van der Waals surface area (Å²) in [5, 5.41) is 8.73. The van der Waals surface area contributed by atoms with Crippen LogP contribution in [0.4, 0.5) is 0 Å². The number of hydrogen-bond acceptors (Lipinski definition) is 3. The van der Waals surface area contributed by atoms with Crippen LogP contribution in [0.2, 0.25) is 0 Å². The molecule has 0 heterocycles. The summed E-state index contributed by atoms with van der Waals surface area (Å²) in [5.41, 5.74) is 5.94. The molecule has 0 radical (unpaired) electrons. The minimum absolute atomic E-state index is 0.398. The number of aryl methyl sites for hydroxylation is 2. The molecule has 3 aromatic carbocycles. The normalized spacial score (nSPS) is 11.8. The lowest BCUT2D eigenvalue weighted by atomic mass is 9.95. The number of hydrogen-bond donors (Lipinski definition) is 1.